The quantitative estimate of drug-likeness (QED) is 0.788. The second-order valence-corrected chi connectivity index (χ2v) is 6.57. The number of carbonyl (C=O) groups is 1. The zero-order chi connectivity index (χ0) is 16.1. The van der Waals surface area contributed by atoms with Crippen molar-refractivity contribution in [2.45, 2.75) is 12.8 Å². The zero-order valence-corrected chi connectivity index (χ0v) is 13.8. The van der Waals surface area contributed by atoms with Crippen LogP contribution in [0.25, 0.3) is 10.1 Å². The first-order valence-electron chi connectivity index (χ1n) is 7.91. The van der Waals surface area contributed by atoms with Crippen LogP contribution >= 0.6 is 11.3 Å². The molecule has 0 bridgehead atoms. The number of aromatic carboxylic acids is 1. The SMILES string of the molecule is O=C(O)c1cc2ccsc2cc1OCCCCN1CCOCC1. The van der Waals surface area contributed by atoms with E-state index in [1.807, 2.05) is 17.5 Å². The van der Waals surface area contributed by atoms with Gasteiger partial charge in [0.05, 0.1) is 19.8 Å². The normalized spacial score (nSPS) is 15.8. The van der Waals surface area contributed by atoms with Crippen molar-refractivity contribution in [3.05, 3.63) is 29.1 Å². The highest BCUT2D eigenvalue weighted by Crippen LogP contribution is 2.29. The number of carboxylic acid groups (broad SMARTS) is 1. The molecule has 2 heterocycles. The first kappa shape index (κ1) is 16.2. The molecule has 0 saturated carbocycles. The van der Waals surface area contributed by atoms with Gasteiger partial charge in [-0.3, -0.25) is 4.90 Å². The van der Waals surface area contributed by atoms with Gasteiger partial charge in [0.25, 0.3) is 0 Å². The van der Waals surface area contributed by atoms with E-state index in [0.717, 1.165) is 55.8 Å². The monoisotopic (exact) mass is 335 g/mol. The third-order valence-electron chi connectivity index (χ3n) is 4.01. The fourth-order valence-electron chi connectivity index (χ4n) is 2.72. The maximum atomic E-state index is 11.4. The lowest BCUT2D eigenvalue weighted by Gasteiger charge is -2.26. The molecule has 1 N–H and O–H groups in total. The van der Waals surface area contributed by atoms with Gasteiger partial charge in [0.15, 0.2) is 0 Å². The number of nitrogens with zero attached hydrogens (tertiary/aromatic N) is 1. The van der Waals surface area contributed by atoms with Crippen LogP contribution in [0.4, 0.5) is 0 Å². The largest absolute Gasteiger partial charge is 0.493 e. The molecule has 6 heteroatoms. The number of unbranched alkanes of at least 4 members (excludes halogenated alkanes) is 1. The predicted octanol–water partition coefficient (Wildman–Crippen LogP) is 3.09. The van der Waals surface area contributed by atoms with E-state index in [1.54, 1.807) is 17.4 Å². The Kier molecular flexibility index (Phi) is 5.48. The van der Waals surface area contributed by atoms with Crippen molar-refractivity contribution < 1.29 is 19.4 Å². The van der Waals surface area contributed by atoms with E-state index in [1.165, 1.54) is 0 Å². The van der Waals surface area contributed by atoms with Gasteiger partial charge in [-0.05, 0) is 48.4 Å². The molecule has 1 fully saturated rings. The summed E-state index contributed by atoms with van der Waals surface area (Å²) in [5.74, 6) is -0.472. The van der Waals surface area contributed by atoms with E-state index >= 15 is 0 Å². The van der Waals surface area contributed by atoms with Crippen molar-refractivity contribution >= 4 is 27.4 Å². The van der Waals surface area contributed by atoms with Crippen molar-refractivity contribution in [3.63, 3.8) is 0 Å². The van der Waals surface area contributed by atoms with E-state index in [0.29, 0.717) is 12.4 Å². The van der Waals surface area contributed by atoms with Gasteiger partial charge in [-0.15, -0.1) is 11.3 Å². The number of carboxylic acids is 1. The summed E-state index contributed by atoms with van der Waals surface area (Å²) >= 11 is 1.59. The minimum Gasteiger partial charge on any atom is -0.493 e. The summed E-state index contributed by atoms with van der Waals surface area (Å²) in [6.45, 7) is 5.22. The molecule has 23 heavy (non-hydrogen) atoms. The van der Waals surface area contributed by atoms with Crippen LogP contribution in [0.1, 0.15) is 23.2 Å². The van der Waals surface area contributed by atoms with E-state index in [4.69, 9.17) is 9.47 Å². The molecule has 1 aliphatic heterocycles. The second-order valence-electron chi connectivity index (χ2n) is 5.62. The minimum absolute atomic E-state index is 0.240. The molecule has 0 radical (unpaired) electrons. The smallest absolute Gasteiger partial charge is 0.339 e. The van der Waals surface area contributed by atoms with Gasteiger partial charge in [-0.25, -0.2) is 4.79 Å². The van der Waals surface area contributed by atoms with Crippen LogP contribution < -0.4 is 4.74 Å². The molecule has 0 spiro atoms. The Hall–Kier alpha value is -1.63. The molecule has 3 rings (SSSR count). The maximum Gasteiger partial charge on any atom is 0.339 e. The Morgan fingerprint density at radius 1 is 1.30 bits per heavy atom. The third kappa shape index (κ3) is 4.22. The van der Waals surface area contributed by atoms with Gasteiger partial charge < -0.3 is 14.6 Å². The molecule has 1 aromatic carbocycles. The maximum absolute atomic E-state index is 11.4. The fraction of sp³-hybridized carbons (Fsp3) is 0.471. The predicted molar refractivity (Wildman–Crippen MR) is 90.8 cm³/mol. The summed E-state index contributed by atoms with van der Waals surface area (Å²) in [6, 6.07) is 5.46. The van der Waals surface area contributed by atoms with E-state index in [-0.39, 0.29) is 5.56 Å². The highest BCUT2D eigenvalue weighted by atomic mass is 32.1. The van der Waals surface area contributed by atoms with Crippen LogP contribution in [0.15, 0.2) is 23.6 Å². The highest BCUT2D eigenvalue weighted by Gasteiger charge is 2.14. The Morgan fingerprint density at radius 2 is 2.13 bits per heavy atom. The number of thiophene rings is 1. The molecule has 0 atom stereocenters. The molecule has 5 nitrogen and oxygen atoms in total. The standard InChI is InChI=1S/C17H21NO4S/c19-17(20)14-11-13-3-10-23-16(13)12-15(14)22-7-2-1-4-18-5-8-21-9-6-18/h3,10-12H,1-2,4-9H2,(H,19,20). The van der Waals surface area contributed by atoms with Gasteiger partial charge in [0, 0.05) is 17.8 Å². The van der Waals surface area contributed by atoms with Crippen LogP contribution in [0.2, 0.25) is 0 Å². The van der Waals surface area contributed by atoms with E-state index in [2.05, 4.69) is 4.90 Å². The van der Waals surface area contributed by atoms with Crippen LogP contribution in [0.5, 0.6) is 5.75 Å². The second kappa shape index (κ2) is 7.77. The lowest BCUT2D eigenvalue weighted by Crippen LogP contribution is -2.36. The van der Waals surface area contributed by atoms with Gasteiger partial charge in [-0.1, -0.05) is 0 Å². The first-order valence-corrected chi connectivity index (χ1v) is 8.79. The van der Waals surface area contributed by atoms with Gasteiger partial charge >= 0.3 is 5.97 Å². The van der Waals surface area contributed by atoms with Crippen LogP contribution in [-0.4, -0.2) is 55.4 Å². The Balaban J connectivity index is 1.51. The molecule has 124 valence electrons. The van der Waals surface area contributed by atoms with Gasteiger partial charge in [0.1, 0.15) is 11.3 Å². The summed E-state index contributed by atoms with van der Waals surface area (Å²) in [6.07, 6.45) is 1.96. The molecule has 0 aliphatic carbocycles. The van der Waals surface area contributed by atoms with Crippen molar-refractivity contribution in [2.24, 2.45) is 0 Å². The van der Waals surface area contributed by atoms with Crippen molar-refractivity contribution in [1.29, 1.82) is 0 Å². The molecule has 1 aliphatic rings. The van der Waals surface area contributed by atoms with Crippen LogP contribution in [0, 0.1) is 0 Å². The summed E-state index contributed by atoms with van der Waals surface area (Å²) in [5.41, 5.74) is 0.240. The fourth-order valence-corrected chi connectivity index (χ4v) is 3.52. The molecule has 1 aromatic heterocycles. The lowest BCUT2D eigenvalue weighted by atomic mass is 10.1. The van der Waals surface area contributed by atoms with E-state index in [9.17, 15) is 9.90 Å². The summed E-state index contributed by atoms with van der Waals surface area (Å²) < 4.78 is 12.1. The number of fused-ring (bicyclic) bond motifs is 1. The molecule has 0 amide bonds. The van der Waals surface area contributed by atoms with Crippen LogP contribution in [0.3, 0.4) is 0 Å². The molecule has 2 aromatic rings. The number of ether oxygens (including phenoxy) is 2. The number of morpholine rings is 1. The van der Waals surface area contributed by atoms with Crippen molar-refractivity contribution in [1.82, 2.24) is 4.90 Å². The number of rotatable bonds is 7. The minimum atomic E-state index is -0.943. The van der Waals surface area contributed by atoms with Crippen molar-refractivity contribution in [2.75, 3.05) is 39.5 Å². The van der Waals surface area contributed by atoms with E-state index < -0.39 is 5.97 Å². The Labute approximate surface area is 139 Å². The van der Waals surface area contributed by atoms with Crippen LogP contribution in [-0.2, 0) is 4.74 Å². The average molecular weight is 335 g/mol. The average Bonchev–Trinajstić information content (AvgIpc) is 3.02. The Bertz CT molecular complexity index is 664. The molecule has 0 unspecified atom stereocenters. The van der Waals surface area contributed by atoms with Gasteiger partial charge in [0.2, 0.25) is 0 Å². The summed E-state index contributed by atoms with van der Waals surface area (Å²) in [4.78, 5) is 13.8. The summed E-state index contributed by atoms with van der Waals surface area (Å²) in [7, 11) is 0. The number of hydrogen-bond acceptors (Lipinski definition) is 5. The highest BCUT2D eigenvalue weighted by molar-refractivity contribution is 7.17. The molecular formula is C17H21NO4S. The molecular weight excluding hydrogens is 314 g/mol. The lowest BCUT2D eigenvalue weighted by molar-refractivity contribution is 0.0368. The molecule has 1 saturated heterocycles. The topological polar surface area (TPSA) is 59.0 Å². The van der Waals surface area contributed by atoms with Crippen molar-refractivity contribution in [3.8, 4) is 5.75 Å². The zero-order valence-electron chi connectivity index (χ0n) is 13.0. The summed E-state index contributed by atoms with van der Waals surface area (Å²) in [5, 5.41) is 12.3. The first-order chi connectivity index (χ1) is 11.2. The Morgan fingerprint density at radius 3 is 2.91 bits per heavy atom. The third-order valence-corrected chi connectivity index (χ3v) is 4.89. The number of hydrogen-bond donors (Lipinski definition) is 1. The van der Waals surface area contributed by atoms with Gasteiger partial charge in [-0.2, -0.15) is 0 Å². The number of benzene rings is 1.